The lowest BCUT2D eigenvalue weighted by molar-refractivity contribution is -0.272. The number of carbonyl (C=O) groups is 2. The third-order valence-corrected chi connectivity index (χ3v) is 5.76. The van der Waals surface area contributed by atoms with Gasteiger partial charge in [0.15, 0.2) is 5.60 Å². The summed E-state index contributed by atoms with van der Waals surface area (Å²) < 4.78 is 66.0. The molecule has 1 saturated heterocycles. The summed E-state index contributed by atoms with van der Waals surface area (Å²) in [4.78, 5) is 28.1. The first-order valence-corrected chi connectivity index (χ1v) is 9.53. The molecule has 1 aromatic carbocycles. The minimum absolute atomic E-state index is 0.00500. The van der Waals surface area contributed by atoms with Crippen LogP contribution in [0.3, 0.4) is 0 Å². The zero-order chi connectivity index (χ0) is 23.8. The summed E-state index contributed by atoms with van der Waals surface area (Å²) >= 11 is 0. The lowest BCUT2D eigenvalue weighted by Gasteiger charge is -2.32. The Morgan fingerprint density at radius 3 is 2.53 bits per heavy atom. The zero-order valence-corrected chi connectivity index (χ0v) is 17.4. The molecule has 3 N–H and O–H groups in total. The van der Waals surface area contributed by atoms with Gasteiger partial charge < -0.3 is 20.5 Å². The van der Waals surface area contributed by atoms with Crippen LogP contribution in [0.4, 0.5) is 23.2 Å². The van der Waals surface area contributed by atoms with Crippen molar-refractivity contribution in [1.82, 2.24) is 4.98 Å². The molecule has 1 aromatic heterocycles. The minimum Gasteiger partial charge on any atom is -0.496 e. The number of nitrogens with two attached hydrogens (primary N) is 1. The van der Waals surface area contributed by atoms with Gasteiger partial charge in [-0.25, -0.2) is 4.39 Å². The van der Waals surface area contributed by atoms with Crippen LogP contribution >= 0.6 is 0 Å². The molecule has 11 heteroatoms. The van der Waals surface area contributed by atoms with Crippen LogP contribution < -0.4 is 15.8 Å². The van der Waals surface area contributed by atoms with Crippen LogP contribution in [-0.2, 0) is 9.53 Å². The van der Waals surface area contributed by atoms with E-state index >= 15 is 0 Å². The Bertz CT molecular complexity index is 1050. The Balaban J connectivity index is 2.04. The number of benzene rings is 1. The molecule has 0 aliphatic carbocycles. The van der Waals surface area contributed by atoms with Gasteiger partial charge in [-0.05, 0) is 25.1 Å². The second-order valence-electron chi connectivity index (χ2n) is 7.63. The summed E-state index contributed by atoms with van der Waals surface area (Å²) in [5.74, 6) is -4.72. The first-order chi connectivity index (χ1) is 14.9. The number of pyridine rings is 1. The third-order valence-electron chi connectivity index (χ3n) is 5.76. The number of ether oxygens (including phenoxy) is 2. The van der Waals surface area contributed by atoms with E-state index in [1.807, 2.05) is 0 Å². The summed E-state index contributed by atoms with van der Waals surface area (Å²) in [5.41, 5.74) is 2.67. The molecule has 1 aliphatic rings. The Hall–Kier alpha value is -3.21. The van der Waals surface area contributed by atoms with E-state index in [-0.39, 0.29) is 22.7 Å². The van der Waals surface area contributed by atoms with Crippen LogP contribution in [-0.4, -0.2) is 41.8 Å². The van der Waals surface area contributed by atoms with Gasteiger partial charge in [0.25, 0.3) is 11.8 Å². The van der Waals surface area contributed by atoms with Gasteiger partial charge in [-0.1, -0.05) is 13.0 Å². The lowest BCUT2D eigenvalue weighted by Crippen LogP contribution is -2.47. The van der Waals surface area contributed by atoms with Crippen molar-refractivity contribution in [3.05, 3.63) is 53.6 Å². The number of anilines is 1. The Kier molecular flexibility index (Phi) is 6.14. The fourth-order valence-electron chi connectivity index (χ4n) is 3.84. The molecule has 3 rings (SSSR count). The number of aromatic nitrogens is 1. The fourth-order valence-corrected chi connectivity index (χ4v) is 3.84. The molecule has 0 radical (unpaired) electrons. The summed E-state index contributed by atoms with van der Waals surface area (Å²) in [6, 6.07) is 5.92. The van der Waals surface area contributed by atoms with Crippen molar-refractivity contribution in [3.8, 4) is 5.75 Å². The molecular formula is C21H21F4N3O4. The zero-order valence-electron chi connectivity index (χ0n) is 17.4. The average molecular weight is 455 g/mol. The minimum atomic E-state index is -4.79. The number of hydrogen-bond donors (Lipinski definition) is 2. The second-order valence-corrected chi connectivity index (χ2v) is 7.63. The SMILES string of the molecule is COc1cc(F)ccc1[C@@H]1[C@H](C(=O)Nc2ccnc(C(N)=O)c2)O[C@@](C)(C(F)(F)F)[C@H]1C. The Labute approximate surface area is 180 Å². The normalized spacial score (nSPS) is 25.4. The summed E-state index contributed by atoms with van der Waals surface area (Å²) in [5, 5.41) is 2.44. The number of alkyl halides is 3. The van der Waals surface area contributed by atoms with Crippen LogP contribution in [0.1, 0.15) is 35.8 Å². The van der Waals surface area contributed by atoms with Crippen LogP contribution in [0.5, 0.6) is 5.75 Å². The van der Waals surface area contributed by atoms with Crippen molar-refractivity contribution >= 4 is 17.5 Å². The number of primary amides is 1. The predicted molar refractivity (Wildman–Crippen MR) is 106 cm³/mol. The van der Waals surface area contributed by atoms with Gasteiger partial charge in [-0.2, -0.15) is 13.2 Å². The highest BCUT2D eigenvalue weighted by atomic mass is 19.4. The van der Waals surface area contributed by atoms with E-state index in [4.69, 9.17) is 15.2 Å². The highest BCUT2D eigenvalue weighted by Crippen LogP contribution is 2.54. The van der Waals surface area contributed by atoms with Crippen molar-refractivity contribution in [2.24, 2.45) is 11.7 Å². The lowest BCUT2D eigenvalue weighted by atomic mass is 9.77. The largest absolute Gasteiger partial charge is 0.496 e. The van der Waals surface area contributed by atoms with Crippen LogP contribution in [0.25, 0.3) is 0 Å². The van der Waals surface area contributed by atoms with Gasteiger partial charge in [0.05, 0.1) is 7.11 Å². The predicted octanol–water partition coefficient (Wildman–Crippen LogP) is 3.41. The van der Waals surface area contributed by atoms with Gasteiger partial charge >= 0.3 is 6.18 Å². The van der Waals surface area contributed by atoms with Gasteiger partial charge in [-0.3, -0.25) is 14.6 Å². The van der Waals surface area contributed by atoms with E-state index < -0.39 is 47.3 Å². The third kappa shape index (κ3) is 4.12. The highest BCUT2D eigenvalue weighted by molar-refractivity contribution is 5.97. The van der Waals surface area contributed by atoms with E-state index in [2.05, 4.69) is 10.3 Å². The number of nitrogens with one attached hydrogen (secondary N) is 1. The molecule has 0 bridgehead atoms. The molecule has 1 aliphatic heterocycles. The second kappa shape index (κ2) is 8.38. The number of hydrogen-bond acceptors (Lipinski definition) is 5. The van der Waals surface area contributed by atoms with Crippen molar-refractivity contribution in [2.45, 2.75) is 37.6 Å². The molecule has 0 spiro atoms. The molecule has 1 fully saturated rings. The molecular weight excluding hydrogens is 434 g/mol. The number of methoxy groups -OCH3 is 1. The first kappa shape index (κ1) is 23.5. The maximum atomic E-state index is 13.9. The summed E-state index contributed by atoms with van der Waals surface area (Å²) in [7, 11) is 1.25. The van der Waals surface area contributed by atoms with Gasteiger partial charge in [-0.15, -0.1) is 0 Å². The van der Waals surface area contributed by atoms with Crippen molar-refractivity contribution in [1.29, 1.82) is 0 Å². The van der Waals surface area contributed by atoms with Crippen LogP contribution in [0, 0.1) is 11.7 Å². The van der Waals surface area contributed by atoms with E-state index in [0.29, 0.717) is 0 Å². The van der Waals surface area contributed by atoms with E-state index in [1.165, 1.54) is 38.4 Å². The van der Waals surface area contributed by atoms with E-state index in [0.717, 1.165) is 19.1 Å². The molecule has 7 nitrogen and oxygen atoms in total. The number of nitrogens with zero attached hydrogens (tertiary/aromatic N) is 1. The van der Waals surface area contributed by atoms with Gasteiger partial charge in [0, 0.05) is 35.3 Å². The van der Waals surface area contributed by atoms with Crippen molar-refractivity contribution in [3.63, 3.8) is 0 Å². The molecule has 172 valence electrons. The number of halogens is 4. The maximum Gasteiger partial charge on any atom is 0.417 e. The molecule has 2 aromatic rings. The van der Waals surface area contributed by atoms with E-state index in [1.54, 1.807) is 0 Å². The monoisotopic (exact) mass is 455 g/mol. The molecule has 32 heavy (non-hydrogen) atoms. The quantitative estimate of drug-likeness (QED) is 0.673. The Morgan fingerprint density at radius 1 is 1.25 bits per heavy atom. The van der Waals surface area contributed by atoms with Gasteiger partial charge in [0.2, 0.25) is 0 Å². The molecule has 2 amide bonds. The maximum absolute atomic E-state index is 13.9. The van der Waals surface area contributed by atoms with Crippen LogP contribution in [0.2, 0.25) is 0 Å². The highest BCUT2D eigenvalue weighted by Gasteiger charge is 2.65. The van der Waals surface area contributed by atoms with Gasteiger partial charge in [0.1, 0.15) is 23.4 Å². The molecule has 0 unspecified atom stereocenters. The molecule has 4 atom stereocenters. The first-order valence-electron chi connectivity index (χ1n) is 9.53. The van der Waals surface area contributed by atoms with Crippen molar-refractivity contribution in [2.75, 3.05) is 12.4 Å². The van der Waals surface area contributed by atoms with E-state index in [9.17, 15) is 27.2 Å². The summed E-state index contributed by atoms with van der Waals surface area (Å²) in [6.45, 7) is 2.18. The van der Waals surface area contributed by atoms with Crippen molar-refractivity contribution < 1.29 is 36.6 Å². The number of carbonyl (C=O) groups excluding carboxylic acids is 2. The smallest absolute Gasteiger partial charge is 0.417 e. The Morgan fingerprint density at radius 2 is 1.94 bits per heavy atom. The molecule has 0 saturated carbocycles. The van der Waals surface area contributed by atoms with Crippen LogP contribution in [0.15, 0.2) is 36.5 Å². The topological polar surface area (TPSA) is 104 Å². The summed E-state index contributed by atoms with van der Waals surface area (Å²) in [6.07, 6.45) is -5.17. The fraction of sp³-hybridized carbons (Fsp3) is 0.381. The molecule has 2 heterocycles. The number of amides is 2. The standard InChI is InChI=1S/C21H21F4N3O4/c1-10-16(13-5-4-11(22)8-15(13)31-3)17(32-20(10,2)21(23,24)25)19(30)28-12-6-7-27-14(9-12)18(26)29/h4-10,16-17H,1-3H3,(H2,26,29)(H,27,28,30)/t10-,16+,17+,20+/m0/s1. The number of rotatable bonds is 5. The average Bonchev–Trinajstić information content (AvgIpc) is 3.00.